The maximum Gasteiger partial charge on any atom is 0.316 e. The lowest BCUT2D eigenvalue weighted by Gasteiger charge is -2.03. The van der Waals surface area contributed by atoms with Crippen LogP contribution < -0.4 is 5.73 Å². The van der Waals surface area contributed by atoms with Crippen molar-refractivity contribution in [2.75, 3.05) is 13.2 Å². The van der Waals surface area contributed by atoms with Crippen LogP contribution in [0.2, 0.25) is 0 Å². The minimum Gasteiger partial charge on any atom is -0.481 e. The Hall–Kier alpha value is -0.940. The van der Waals surface area contributed by atoms with Crippen LogP contribution in [0, 0.1) is 5.92 Å². The highest BCUT2D eigenvalue weighted by Crippen LogP contribution is 1.95. The highest BCUT2D eigenvalue weighted by Gasteiger charge is 2.23. The molecule has 0 saturated heterocycles. The molecular formula is C5H9NO4. The van der Waals surface area contributed by atoms with E-state index in [1.54, 1.807) is 0 Å². The number of hydrogen-bond donors (Lipinski definition) is 3. The summed E-state index contributed by atoms with van der Waals surface area (Å²) in [6.45, 7) is -1.04. The van der Waals surface area contributed by atoms with Crippen LogP contribution in [0.1, 0.15) is 0 Å². The van der Waals surface area contributed by atoms with Crippen LogP contribution >= 0.6 is 0 Å². The van der Waals surface area contributed by atoms with Crippen molar-refractivity contribution in [1.29, 1.82) is 0 Å². The summed E-state index contributed by atoms with van der Waals surface area (Å²) in [6, 6.07) is 0. The van der Waals surface area contributed by atoms with E-state index in [2.05, 4.69) is 0 Å². The van der Waals surface area contributed by atoms with E-state index in [0.29, 0.717) is 0 Å². The largest absolute Gasteiger partial charge is 0.481 e. The molecule has 0 rings (SSSR count). The summed E-state index contributed by atoms with van der Waals surface area (Å²) in [5.74, 6) is -3.35. The predicted octanol–water partition coefficient (Wildman–Crippen LogP) is -1.79. The lowest BCUT2D eigenvalue weighted by molar-refractivity contribution is -0.147. The molecule has 5 nitrogen and oxygen atoms in total. The van der Waals surface area contributed by atoms with Crippen molar-refractivity contribution < 1.29 is 19.8 Å². The van der Waals surface area contributed by atoms with E-state index in [1.165, 1.54) is 0 Å². The summed E-state index contributed by atoms with van der Waals surface area (Å²) in [5.41, 5.74) is 4.86. The normalized spacial score (nSPS) is 12.6. The van der Waals surface area contributed by atoms with Gasteiger partial charge in [0.15, 0.2) is 5.78 Å². The van der Waals surface area contributed by atoms with Crippen LogP contribution in [0.15, 0.2) is 0 Å². The Morgan fingerprint density at radius 3 is 2.10 bits per heavy atom. The van der Waals surface area contributed by atoms with Gasteiger partial charge in [-0.3, -0.25) is 9.59 Å². The fourth-order valence-electron chi connectivity index (χ4n) is 0.460. The Morgan fingerprint density at radius 1 is 1.50 bits per heavy atom. The molecule has 58 valence electrons. The van der Waals surface area contributed by atoms with Crippen LogP contribution in [0.3, 0.4) is 0 Å². The number of aliphatic hydroxyl groups is 1. The third kappa shape index (κ3) is 2.12. The first-order valence-electron chi connectivity index (χ1n) is 2.70. The van der Waals surface area contributed by atoms with E-state index >= 15 is 0 Å². The quantitative estimate of drug-likeness (QED) is 0.407. The van der Waals surface area contributed by atoms with Gasteiger partial charge in [0.05, 0.1) is 13.2 Å². The minimum absolute atomic E-state index is 0.350. The van der Waals surface area contributed by atoms with Crippen molar-refractivity contribution in [3.63, 3.8) is 0 Å². The minimum atomic E-state index is -1.36. The second-order valence-electron chi connectivity index (χ2n) is 1.74. The summed E-state index contributed by atoms with van der Waals surface area (Å²) in [7, 11) is 0. The topological polar surface area (TPSA) is 101 Å². The molecule has 0 aromatic heterocycles. The van der Waals surface area contributed by atoms with Gasteiger partial charge in [-0.1, -0.05) is 0 Å². The summed E-state index contributed by atoms with van der Waals surface area (Å²) < 4.78 is 0. The second kappa shape index (κ2) is 3.97. The van der Waals surface area contributed by atoms with Crippen molar-refractivity contribution in [3.8, 4) is 0 Å². The van der Waals surface area contributed by atoms with Crippen LogP contribution in [0.5, 0.6) is 0 Å². The fraction of sp³-hybridized carbons (Fsp3) is 0.600. The van der Waals surface area contributed by atoms with Crippen LogP contribution in [0.25, 0.3) is 0 Å². The number of aliphatic carboxylic acids is 1. The molecule has 10 heavy (non-hydrogen) atoms. The molecule has 0 aliphatic carbocycles. The lowest BCUT2D eigenvalue weighted by Crippen LogP contribution is -2.32. The first-order valence-corrected chi connectivity index (χ1v) is 2.70. The van der Waals surface area contributed by atoms with Gasteiger partial charge in [0.1, 0.15) is 5.92 Å². The standard InChI is InChI=1S/C5H9NO4/c6-1-4(8)3(2-7)5(9)10/h3,7H,1-2,6H2,(H,9,10). The van der Waals surface area contributed by atoms with Gasteiger partial charge < -0.3 is 15.9 Å². The van der Waals surface area contributed by atoms with Crippen LogP contribution in [0.4, 0.5) is 0 Å². The summed E-state index contributed by atoms with van der Waals surface area (Å²) in [4.78, 5) is 20.6. The van der Waals surface area contributed by atoms with Gasteiger partial charge in [-0.05, 0) is 0 Å². The zero-order valence-electron chi connectivity index (χ0n) is 5.28. The number of rotatable bonds is 4. The first-order chi connectivity index (χ1) is 4.63. The monoisotopic (exact) mass is 147 g/mol. The molecule has 1 unspecified atom stereocenters. The molecule has 0 spiro atoms. The molecule has 5 heteroatoms. The van der Waals surface area contributed by atoms with Gasteiger partial charge in [0.25, 0.3) is 0 Å². The molecule has 0 bridgehead atoms. The summed E-state index contributed by atoms with van der Waals surface area (Å²) >= 11 is 0. The van der Waals surface area contributed by atoms with Gasteiger partial charge in [-0.25, -0.2) is 0 Å². The number of carbonyl (C=O) groups excluding carboxylic acids is 1. The van der Waals surface area contributed by atoms with Gasteiger partial charge in [0.2, 0.25) is 0 Å². The van der Waals surface area contributed by atoms with Crippen LogP contribution in [-0.2, 0) is 9.59 Å². The summed E-state index contributed by atoms with van der Waals surface area (Å²) in [6.07, 6.45) is 0. The SMILES string of the molecule is NCC(=O)C(CO)C(=O)O. The van der Waals surface area contributed by atoms with Crippen molar-refractivity contribution in [1.82, 2.24) is 0 Å². The molecule has 0 radical (unpaired) electrons. The van der Waals surface area contributed by atoms with E-state index in [4.69, 9.17) is 15.9 Å². The highest BCUT2D eigenvalue weighted by atomic mass is 16.4. The fourth-order valence-corrected chi connectivity index (χ4v) is 0.460. The Morgan fingerprint density at radius 2 is 2.00 bits per heavy atom. The maximum absolute atomic E-state index is 10.5. The Labute approximate surface area is 57.5 Å². The van der Waals surface area contributed by atoms with Gasteiger partial charge in [0, 0.05) is 0 Å². The third-order valence-corrected chi connectivity index (χ3v) is 1.07. The molecule has 0 aliphatic rings. The molecule has 0 fully saturated rings. The Kier molecular flexibility index (Phi) is 3.60. The van der Waals surface area contributed by atoms with E-state index < -0.39 is 24.3 Å². The number of carboxylic acids is 1. The van der Waals surface area contributed by atoms with E-state index in [1.807, 2.05) is 0 Å². The first kappa shape index (κ1) is 9.06. The molecule has 4 N–H and O–H groups in total. The lowest BCUT2D eigenvalue weighted by atomic mass is 10.1. The molecule has 1 atom stereocenters. The Bertz CT molecular complexity index is 145. The smallest absolute Gasteiger partial charge is 0.316 e. The van der Waals surface area contributed by atoms with E-state index in [9.17, 15) is 9.59 Å². The zero-order chi connectivity index (χ0) is 8.15. The number of nitrogens with two attached hydrogens (primary N) is 1. The highest BCUT2D eigenvalue weighted by molar-refractivity contribution is 5.99. The van der Waals surface area contributed by atoms with Crippen molar-refractivity contribution >= 4 is 11.8 Å². The number of carbonyl (C=O) groups is 2. The van der Waals surface area contributed by atoms with Gasteiger partial charge in [-0.2, -0.15) is 0 Å². The molecule has 0 aromatic carbocycles. The molecule has 0 aromatic rings. The van der Waals surface area contributed by atoms with Crippen molar-refractivity contribution in [2.24, 2.45) is 11.7 Å². The zero-order valence-corrected chi connectivity index (χ0v) is 5.28. The maximum atomic E-state index is 10.5. The van der Waals surface area contributed by atoms with E-state index in [-0.39, 0.29) is 6.54 Å². The van der Waals surface area contributed by atoms with Gasteiger partial charge >= 0.3 is 5.97 Å². The number of Topliss-reactive ketones (excluding diaryl/α,β-unsaturated/α-hetero) is 1. The molecule has 0 amide bonds. The Balaban J connectivity index is 4.06. The molecule has 0 aliphatic heterocycles. The van der Waals surface area contributed by atoms with Crippen LogP contribution in [-0.4, -0.2) is 35.1 Å². The van der Waals surface area contributed by atoms with Crippen molar-refractivity contribution in [2.45, 2.75) is 0 Å². The van der Waals surface area contributed by atoms with Gasteiger partial charge in [-0.15, -0.1) is 0 Å². The molecule has 0 heterocycles. The average Bonchev–Trinajstić information content (AvgIpc) is 1.88. The number of hydrogen-bond acceptors (Lipinski definition) is 4. The van der Waals surface area contributed by atoms with E-state index in [0.717, 1.165) is 0 Å². The number of aliphatic hydroxyl groups excluding tert-OH is 1. The second-order valence-corrected chi connectivity index (χ2v) is 1.74. The number of carboxylic acid groups (broad SMARTS) is 1. The predicted molar refractivity (Wildman–Crippen MR) is 32.3 cm³/mol. The molecule has 0 saturated carbocycles. The summed E-state index contributed by atoms with van der Waals surface area (Å²) in [5, 5.41) is 16.6. The number of ketones is 1. The average molecular weight is 147 g/mol. The third-order valence-electron chi connectivity index (χ3n) is 1.07. The van der Waals surface area contributed by atoms with Crippen molar-refractivity contribution in [3.05, 3.63) is 0 Å². The molecular weight excluding hydrogens is 138 g/mol.